The predicted octanol–water partition coefficient (Wildman–Crippen LogP) is -0.266. The van der Waals surface area contributed by atoms with Gasteiger partial charge >= 0.3 is 5.97 Å². The van der Waals surface area contributed by atoms with Gasteiger partial charge in [-0.15, -0.1) is 0 Å². The minimum Gasteiger partial charge on any atom is -0.480 e. The summed E-state index contributed by atoms with van der Waals surface area (Å²) in [6.45, 7) is 6.82. The molecule has 18 nitrogen and oxygen atoms in total. The highest BCUT2D eigenvalue weighted by atomic mass is 16.6. The lowest BCUT2D eigenvalue weighted by atomic mass is 10.0. The Balaban J connectivity index is 1.05. The summed E-state index contributed by atoms with van der Waals surface area (Å²) in [5.74, 6) is -3.20. The van der Waals surface area contributed by atoms with Crippen molar-refractivity contribution >= 4 is 35.3 Å². The van der Waals surface area contributed by atoms with Crippen LogP contribution >= 0.6 is 0 Å². The number of nitrogens with one attached hydrogen (secondary N) is 2. The molecule has 51 heavy (non-hydrogen) atoms. The van der Waals surface area contributed by atoms with Crippen LogP contribution in [0.4, 0.5) is 5.69 Å². The first kappa shape index (κ1) is 41.8. The van der Waals surface area contributed by atoms with E-state index in [-0.39, 0.29) is 37.2 Å². The van der Waals surface area contributed by atoms with Gasteiger partial charge < -0.3 is 53.1 Å². The highest BCUT2D eigenvalue weighted by Crippen LogP contribution is 2.32. The van der Waals surface area contributed by atoms with E-state index < -0.39 is 35.6 Å². The van der Waals surface area contributed by atoms with Gasteiger partial charge in [-0.05, 0) is 18.6 Å². The van der Waals surface area contributed by atoms with E-state index in [9.17, 15) is 24.0 Å². The average Bonchev–Trinajstić information content (AvgIpc) is 3.36. The molecule has 0 aliphatic carbocycles. The van der Waals surface area contributed by atoms with Gasteiger partial charge in [0, 0.05) is 18.7 Å². The first-order valence-electron chi connectivity index (χ1n) is 16.9. The van der Waals surface area contributed by atoms with E-state index in [0.717, 1.165) is 4.90 Å². The third kappa shape index (κ3) is 16.1. The van der Waals surface area contributed by atoms with Crippen molar-refractivity contribution < 1.29 is 71.7 Å². The number of rotatable bonds is 31. The van der Waals surface area contributed by atoms with Crippen molar-refractivity contribution in [3.8, 4) is 0 Å². The fourth-order valence-corrected chi connectivity index (χ4v) is 4.84. The maximum absolute atomic E-state index is 13.1. The normalized spacial score (nSPS) is 15.8. The maximum atomic E-state index is 13.1. The van der Waals surface area contributed by atoms with Crippen LogP contribution in [0.25, 0.3) is 0 Å². The number of nitrogens with zero attached hydrogens (tertiary/aromatic N) is 1. The number of carbonyl (C=O) groups is 5. The monoisotopic (exact) mass is 727 g/mol. The van der Waals surface area contributed by atoms with Crippen LogP contribution in [0.1, 0.15) is 33.6 Å². The van der Waals surface area contributed by atoms with Crippen LogP contribution in [0.3, 0.4) is 0 Å². The summed E-state index contributed by atoms with van der Waals surface area (Å²) in [5.41, 5.74) is 0.889. The summed E-state index contributed by atoms with van der Waals surface area (Å²) in [6, 6.07) is 3.88. The van der Waals surface area contributed by atoms with E-state index in [1.807, 2.05) is 0 Å². The maximum Gasteiger partial charge on any atom is 0.329 e. The first-order valence-corrected chi connectivity index (χ1v) is 16.9. The number of piperidine rings is 1. The molecule has 0 saturated carbocycles. The Morgan fingerprint density at radius 2 is 1.12 bits per heavy atom. The molecule has 1 unspecified atom stereocenters. The second-order valence-corrected chi connectivity index (χ2v) is 10.9. The number of ether oxygens (including phenoxy) is 9. The zero-order valence-electron chi connectivity index (χ0n) is 28.8. The quantitative estimate of drug-likeness (QED) is 0.0663. The molecule has 3 rings (SSSR count). The van der Waals surface area contributed by atoms with E-state index in [0.29, 0.717) is 118 Å². The Hall–Kier alpha value is -3.59. The number of benzene rings is 1. The van der Waals surface area contributed by atoms with E-state index >= 15 is 0 Å². The second kappa shape index (κ2) is 25.4. The zero-order chi connectivity index (χ0) is 36.5. The SMILES string of the molecule is O=C(O)COCCOCCOCCOCCOCCOCCOCCOCCOCCNc1cccc2c1C(=O)N(C1CCC(=O)NC1=O)C2=O. The number of anilines is 1. The van der Waals surface area contributed by atoms with Crippen molar-refractivity contribution in [1.82, 2.24) is 10.2 Å². The lowest BCUT2D eigenvalue weighted by Gasteiger charge is -2.27. The minimum absolute atomic E-state index is 0.0616. The van der Waals surface area contributed by atoms with Crippen LogP contribution in [0.5, 0.6) is 0 Å². The van der Waals surface area contributed by atoms with Crippen LogP contribution in [0, 0.1) is 0 Å². The fourth-order valence-electron chi connectivity index (χ4n) is 4.84. The number of imide groups is 2. The molecule has 2 heterocycles. The summed E-state index contributed by atoms with van der Waals surface area (Å²) in [5, 5.41) is 13.7. The minimum atomic E-state index is -1.01. The van der Waals surface area contributed by atoms with Gasteiger partial charge in [-0.3, -0.25) is 29.4 Å². The van der Waals surface area contributed by atoms with E-state index in [2.05, 4.69) is 10.6 Å². The average molecular weight is 728 g/mol. The Morgan fingerprint density at radius 1 is 0.667 bits per heavy atom. The molecular weight excluding hydrogens is 678 g/mol. The Morgan fingerprint density at radius 3 is 1.57 bits per heavy atom. The molecule has 0 spiro atoms. The summed E-state index contributed by atoms with van der Waals surface area (Å²) >= 11 is 0. The number of carboxylic acids is 1. The standard InChI is InChI=1S/C33H49N3O15/c37-28-5-4-27(31(40)35-28)36-32(41)25-2-1-3-26(30(25)33(36)42)34-6-7-43-8-9-44-10-11-45-12-13-46-14-15-47-16-17-48-18-19-49-20-21-50-22-23-51-24-29(38)39/h1-3,27,34H,4-24H2,(H,38,39)(H,35,37,40). The molecule has 18 heteroatoms. The Labute approximate surface area is 296 Å². The van der Waals surface area contributed by atoms with E-state index in [1.165, 1.54) is 0 Å². The van der Waals surface area contributed by atoms with Crippen LogP contribution < -0.4 is 10.6 Å². The predicted molar refractivity (Wildman–Crippen MR) is 177 cm³/mol. The summed E-state index contributed by atoms with van der Waals surface area (Å²) in [4.78, 5) is 61.1. The molecular formula is C33H49N3O15. The Kier molecular flexibility index (Phi) is 20.8. The van der Waals surface area contributed by atoms with Gasteiger partial charge in [0.05, 0.1) is 123 Å². The largest absolute Gasteiger partial charge is 0.480 e. The fraction of sp³-hybridized carbons (Fsp3) is 0.667. The molecule has 286 valence electrons. The third-order valence-electron chi connectivity index (χ3n) is 7.23. The number of fused-ring (bicyclic) bond motifs is 1. The third-order valence-corrected chi connectivity index (χ3v) is 7.23. The van der Waals surface area contributed by atoms with Crippen molar-refractivity contribution in [2.45, 2.75) is 18.9 Å². The molecule has 0 bridgehead atoms. The molecule has 3 N–H and O–H groups in total. The number of hydrogen-bond donors (Lipinski definition) is 3. The van der Waals surface area contributed by atoms with Crippen LogP contribution in [0.15, 0.2) is 18.2 Å². The molecule has 1 aromatic carbocycles. The van der Waals surface area contributed by atoms with Gasteiger partial charge in [-0.2, -0.15) is 0 Å². The zero-order valence-corrected chi connectivity index (χ0v) is 28.8. The highest BCUT2D eigenvalue weighted by molar-refractivity contribution is 6.25. The molecule has 2 aliphatic rings. The molecule has 1 aromatic rings. The van der Waals surface area contributed by atoms with Gasteiger partial charge in [0.25, 0.3) is 11.8 Å². The summed E-state index contributed by atoms with van der Waals surface area (Å²) in [7, 11) is 0. The molecule has 1 atom stereocenters. The van der Waals surface area contributed by atoms with Gasteiger partial charge in [-0.25, -0.2) is 4.79 Å². The summed E-state index contributed by atoms with van der Waals surface area (Å²) in [6.07, 6.45) is 0.161. The van der Waals surface area contributed by atoms with Crippen molar-refractivity contribution in [3.05, 3.63) is 29.3 Å². The number of aliphatic carboxylic acids is 1. The smallest absolute Gasteiger partial charge is 0.329 e. The molecule has 4 amide bonds. The topological polar surface area (TPSA) is 216 Å². The van der Waals surface area contributed by atoms with Crippen molar-refractivity contribution in [2.75, 3.05) is 131 Å². The number of carbonyl (C=O) groups excluding carboxylic acids is 4. The van der Waals surface area contributed by atoms with Crippen LogP contribution in [0.2, 0.25) is 0 Å². The number of carboxylic acid groups (broad SMARTS) is 1. The van der Waals surface area contributed by atoms with Crippen molar-refractivity contribution in [2.24, 2.45) is 0 Å². The van der Waals surface area contributed by atoms with Gasteiger partial charge in [0.15, 0.2) is 0 Å². The van der Waals surface area contributed by atoms with Crippen LogP contribution in [-0.2, 0) is 57.0 Å². The molecule has 2 aliphatic heterocycles. The van der Waals surface area contributed by atoms with Crippen LogP contribution in [-0.4, -0.2) is 171 Å². The molecule has 1 fully saturated rings. The van der Waals surface area contributed by atoms with Gasteiger partial charge in [-0.1, -0.05) is 6.07 Å². The second-order valence-electron chi connectivity index (χ2n) is 10.9. The van der Waals surface area contributed by atoms with Gasteiger partial charge in [0.1, 0.15) is 12.6 Å². The Bertz CT molecular complexity index is 1230. The first-order chi connectivity index (χ1) is 24.9. The van der Waals surface area contributed by atoms with Crippen molar-refractivity contribution in [3.63, 3.8) is 0 Å². The summed E-state index contributed by atoms with van der Waals surface area (Å²) < 4.78 is 48.3. The van der Waals surface area contributed by atoms with E-state index in [1.54, 1.807) is 18.2 Å². The molecule has 0 radical (unpaired) electrons. The lowest BCUT2D eigenvalue weighted by Crippen LogP contribution is -2.54. The van der Waals surface area contributed by atoms with Gasteiger partial charge in [0.2, 0.25) is 11.8 Å². The van der Waals surface area contributed by atoms with Crippen molar-refractivity contribution in [1.29, 1.82) is 0 Å². The molecule has 1 saturated heterocycles. The van der Waals surface area contributed by atoms with E-state index in [4.69, 9.17) is 47.7 Å². The number of hydrogen-bond acceptors (Lipinski definition) is 15. The number of amides is 4. The molecule has 0 aromatic heterocycles. The highest BCUT2D eigenvalue weighted by Gasteiger charge is 2.45. The lowest BCUT2D eigenvalue weighted by molar-refractivity contribution is -0.143.